The molecule has 1 spiro atoms. The van der Waals surface area contributed by atoms with Crippen molar-refractivity contribution in [3.05, 3.63) is 30.1 Å². The number of benzene rings is 1. The summed E-state index contributed by atoms with van der Waals surface area (Å²) in [5, 5.41) is 0. The number of nitrogens with zero attached hydrogens (tertiary/aromatic N) is 2. The summed E-state index contributed by atoms with van der Waals surface area (Å²) in [7, 11) is 0. The van der Waals surface area contributed by atoms with Crippen LogP contribution in [-0.4, -0.2) is 29.5 Å². The molecule has 0 aromatic heterocycles. The van der Waals surface area contributed by atoms with E-state index in [0.29, 0.717) is 5.96 Å². The fraction of sp³-hybridized carbons (Fsp3) is 0.462. The Bertz CT molecular complexity index is 483. The lowest BCUT2D eigenvalue weighted by Crippen LogP contribution is -2.54. The zero-order valence-electron chi connectivity index (χ0n) is 10.1. The molecule has 1 fully saturated rings. The van der Waals surface area contributed by atoms with Crippen molar-refractivity contribution in [3.63, 3.8) is 0 Å². The van der Waals surface area contributed by atoms with Gasteiger partial charge < -0.3 is 10.6 Å². The predicted octanol–water partition coefficient (Wildman–Crippen LogP) is 2.23. The van der Waals surface area contributed by atoms with E-state index in [-0.39, 0.29) is 11.4 Å². The van der Waals surface area contributed by atoms with Crippen LogP contribution in [-0.2, 0) is 0 Å². The third-order valence-electron chi connectivity index (χ3n) is 3.73. The minimum absolute atomic E-state index is 0.0247. The zero-order chi connectivity index (χ0) is 12.6. The molecular weight excluding hydrogens is 249 g/mol. The van der Waals surface area contributed by atoms with Crippen LogP contribution in [0.5, 0.6) is 0 Å². The van der Waals surface area contributed by atoms with E-state index in [1.165, 1.54) is 12.1 Å². The van der Waals surface area contributed by atoms with Crippen LogP contribution >= 0.6 is 11.8 Å². The van der Waals surface area contributed by atoms with E-state index in [1.807, 2.05) is 22.7 Å². The first-order chi connectivity index (χ1) is 8.71. The fourth-order valence-corrected chi connectivity index (χ4v) is 4.02. The molecule has 0 saturated carbocycles. The first-order valence-corrected chi connectivity index (χ1v) is 7.30. The molecule has 0 atom stereocenters. The summed E-state index contributed by atoms with van der Waals surface area (Å²) >= 11 is 1.96. The van der Waals surface area contributed by atoms with E-state index < -0.39 is 0 Å². The average molecular weight is 265 g/mol. The molecule has 2 aliphatic heterocycles. The number of rotatable bonds is 1. The maximum atomic E-state index is 13.4. The van der Waals surface area contributed by atoms with Crippen LogP contribution in [0.15, 0.2) is 29.3 Å². The number of aliphatic imine (C=N–C) groups is 1. The van der Waals surface area contributed by atoms with Crippen molar-refractivity contribution in [2.24, 2.45) is 10.7 Å². The second kappa shape index (κ2) is 4.46. The van der Waals surface area contributed by atoms with E-state index >= 15 is 0 Å². The molecule has 3 nitrogen and oxygen atoms in total. The summed E-state index contributed by atoms with van der Waals surface area (Å²) < 4.78 is 13.4. The first kappa shape index (κ1) is 11.8. The van der Waals surface area contributed by atoms with E-state index in [4.69, 9.17) is 5.73 Å². The highest BCUT2D eigenvalue weighted by atomic mass is 32.2. The summed E-state index contributed by atoms with van der Waals surface area (Å²) in [6.45, 7) is 0.732. The van der Waals surface area contributed by atoms with Crippen molar-refractivity contribution in [1.29, 1.82) is 0 Å². The molecule has 0 bridgehead atoms. The first-order valence-electron chi connectivity index (χ1n) is 6.15. The van der Waals surface area contributed by atoms with Gasteiger partial charge in [-0.2, -0.15) is 11.8 Å². The molecule has 3 rings (SSSR count). The molecule has 0 unspecified atom stereocenters. The topological polar surface area (TPSA) is 41.6 Å². The molecule has 0 amide bonds. The van der Waals surface area contributed by atoms with Gasteiger partial charge in [-0.05, 0) is 42.5 Å². The molecule has 1 saturated heterocycles. The Morgan fingerprint density at radius 2 is 2.11 bits per heavy atom. The van der Waals surface area contributed by atoms with Crippen molar-refractivity contribution < 1.29 is 4.39 Å². The lowest BCUT2D eigenvalue weighted by atomic mass is 9.90. The van der Waals surface area contributed by atoms with Crippen LogP contribution in [0.25, 0.3) is 0 Å². The Morgan fingerprint density at radius 1 is 1.33 bits per heavy atom. The SMILES string of the molecule is NC1=NCC2(CCSCC2)N1c1cccc(F)c1. The number of thioether (sulfide) groups is 1. The van der Waals surface area contributed by atoms with Gasteiger partial charge in [-0.15, -0.1) is 0 Å². The van der Waals surface area contributed by atoms with Crippen LogP contribution in [0.4, 0.5) is 10.1 Å². The summed E-state index contributed by atoms with van der Waals surface area (Å²) in [6, 6.07) is 6.62. The van der Waals surface area contributed by atoms with Gasteiger partial charge in [-0.25, -0.2) is 4.39 Å². The quantitative estimate of drug-likeness (QED) is 0.846. The van der Waals surface area contributed by atoms with Gasteiger partial charge in [0.1, 0.15) is 5.82 Å². The third kappa shape index (κ3) is 1.86. The highest BCUT2D eigenvalue weighted by molar-refractivity contribution is 7.99. The normalized spacial score (nSPS) is 22.3. The van der Waals surface area contributed by atoms with Crippen LogP contribution < -0.4 is 10.6 Å². The zero-order valence-corrected chi connectivity index (χ0v) is 10.9. The van der Waals surface area contributed by atoms with Crippen molar-refractivity contribution >= 4 is 23.4 Å². The van der Waals surface area contributed by atoms with Gasteiger partial charge in [0.15, 0.2) is 5.96 Å². The van der Waals surface area contributed by atoms with Gasteiger partial charge in [0.05, 0.1) is 12.1 Å². The highest BCUT2D eigenvalue weighted by Gasteiger charge is 2.43. The molecule has 1 aromatic rings. The van der Waals surface area contributed by atoms with E-state index in [0.717, 1.165) is 36.6 Å². The molecule has 2 heterocycles. The van der Waals surface area contributed by atoms with Gasteiger partial charge in [-0.1, -0.05) is 6.07 Å². The Kier molecular flexibility index (Phi) is 2.93. The minimum atomic E-state index is -0.229. The Balaban J connectivity index is 1.98. The van der Waals surface area contributed by atoms with Gasteiger partial charge in [0.25, 0.3) is 0 Å². The second-order valence-corrected chi connectivity index (χ2v) is 6.05. The predicted molar refractivity (Wildman–Crippen MR) is 74.7 cm³/mol. The fourth-order valence-electron chi connectivity index (χ4n) is 2.77. The number of halogens is 1. The number of hydrogen-bond acceptors (Lipinski definition) is 4. The second-order valence-electron chi connectivity index (χ2n) is 4.83. The summed E-state index contributed by atoms with van der Waals surface area (Å²) in [5.41, 5.74) is 6.81. The van der Waals surface area contributed by atoms with Gasteiger partial charge in [-0.3, -0.25) is 4.99 Å². The molecule has 1 aromatic carbocycles. The molecule has 0 radical (unpaired) electrons. The molecule has 5 heteroatoms. The number of guanidine groups is 1. The summed E-state index contributed by atoms with van der Waals surface area (Å²) in [6.07, 6.45) is 2.11. The number of hydrogen-bond donors (Lipinski definition) is 1. The van der Waals surface area contributed by atoms with Crippen LogP contribution in [0, 0.1) is 5.82 Å². The molecule has 96 valence electrons. The number of nitrogens with two attached hydrogens (primary N) is 1. The van der Waals surface area contributed by atoms with Gasteiger partial charge in [0.2, 0.25) is 0 Å². The lowest BCUT2D eigenvalue weighted by molar-refractivity contribution is 0.424. The highest BCUT2D eigenvalue weighted by Crippen LogP contribution is 2.38. The average Bonchev–Trinajstić information content (AvgIpc) is 2.67. The van der Waals surface area contributed by atoms with Gasteiger partial charge in [0, 0.05) is 5.69 Å². The Labute approximate surface area is 110 Å². The van der Waals surface area contributed by atoms with Crippen molar-refractivity contribution in [1.82, 2.24) is 0 Å². The van der Waals surface area contributed by atoms with Crippen molar-refractivity contribution in [3.8, 4) is 0 Å². The van der Waals surface area contributed by atoms with Gasteiger partial charge >= 0.3 is 0 Å². The number of anilines is 1. The standard InChI is InChI=1S/C13H16FN3S/c14-10-2-1-3-11(8-10)17-12(15)16-9-13(17)4-6-18-7-5-13/h1-3,8H,4-7,9H2,(H2,15,16). The molecule has 18 heavy (non-hydrogen) atoms. The van der Waals surface area contributed by atoms with Crippen molar-refractivity contribution in [2.75, 3.05) is 23.0 Å². The Hall–Kier alpha value is -1.23. The molecule has 0 aliphatic carbocycles. The Morgan fingerprint density at radius 3 is 2.83 bits per heavy atom. The monoisotopic (exact) mass is 265 g/mol. The van der Waals surface area contributed by atoms with Crippen LogP contribution in [0.3, 0.4) is 0 Å². The van der Waals surface area contributed by atoms with E-state index in [1.54, 1.807) is 6.07 Å². The third-order valence-corrected chi connectivity index (χ3v) is 4.71. The maximum absolute atomic E-state index is 13.4. The summed E-state index contributed by atoms with van der Waals surface area (Å²) in [5.74, 6) is 2.53. The maximum Gasteiger partial charge on any atom is 0.196 e. The smallest absolute Gasteiger partial charge is 0.196 e. The van der Waals surface area contributed by atoms with Crippen molar-refractivity contribution in [2.45, 2.75) is 18.4 Å². The van der Waals surface area contributed by atoms with Crippen LogP contribution in [0.1, 0.15) is 12.8 Å². The molecular formula is C13H16FN3S. The van der Waals surface area contributed by atoms with Crippen LogP contribution in [0.2, 0.25) is 0 Å². The lowest BCUT2D eigenvalue weighted by Gasteiger charge is -2.41. The van der Waals surface area contributed by atoms with E-state index in [9.17, 15) is 4.39 Å². The molecule has 2 N–H and O–H groups in total. The minimum Gasteiger partial charge on any atom is -0.369 e. The largest absolute Gasteiger partial charge is 0.369 e. The summed E-state index contributed by atoms with van der Waals surface area (Å²) in [4.78, 5) is 6.43. The van der Waals surface area contributed by atoms with E-state index in [2.05, 4.69) is 4.99 Å². The molecule has 2 aliphatic rings.